The molecule has 3 aromatic rings. The molecule has 0 amide bonds. The van der Waals surface area contributed by atoms with Gasteiger partial charge in [-0.1, -0.05) is 12.1 Å². The highest BCUT2D eigenvalue weighted by atomic mass is 16.5. The van der Waals surface area contributed by atoms with Crippen molar-refractivity contribution in [1.29, 1.82) is 5.26 Å². The normalized spacial score (nSPS) is 10.3. The van der Waals surface area contributed by atoms with Crippen molar-refractivity contribution in [3.05, 3.63) is 54.4 Å². The molecular formula is C18H16N4O. The zero-order valence-electron chi connectivity index (χ0n) is 13.0. The summed E-state index contributed by atoms with van der Waals surface area (Å²) in [4.78, 5) is 11.0. The quantitative estimate of drug-likeness (QED) is 0.738. The molecule has 114 valence electrons. The summed E-state index contributed by atoms with van der Waals surface area (Å²) in [5.41, 5.74) is 1.82. The van der Waals surface area contributed by atoms with E-state index >= 15 is 0 Å². The fourth-order valence-electron chi connectivity index (χ4n) is 2.44. The fourth-order valence-corrected chi connectivity index (χ4v) is 2.44. The third kappa shape index (κ3) is 2.92. The molecule has 1 aromatic heterocycles. The van der Waals surface area contributed by atoms with Crippen molar-refractivity contribution in [2.75, 3.05) is 19.1 Å². The Kier molecular flexibility index (Phi) is 4.07. The minimum absolute atomic E-state index is 0.189. The lowest BCUT2D eigenvalue weighted by molar-refractivity contribution is 0.415. The van der Waals surface area contributed by atoms with Gasteiger partial charge >= 0.3 is 0 Å². The molecule has 0 radical (unpaired) electrons. The highest BCUT2D eigenvalue weighted by molar-refractivity contribution is 5.91. The van der Waals surface area contributed by atoms with Gasteiger partial charge in [0.1, 0.15) is 17.4 Å². The molecule has 3 rings (SSSR count). The van der Waals surface area contributed by atoms with Gasteiger partial charge in [0.05, 0.1) is 25.1 Å². The number of benzene rings is 2. The van der Waals surface area contributed by atoms with Gasteiger partial charge in [-0.2, -0.15) is 5.26 Å². The van der Waals surface area contributed by atoms with Crippen LogP contribution in [0.3, 0.4) is 0 Å². The molecule has 0 saturated heterocycles. The van der Waals surface area contributed by atoms with Crippen molar-refractivity contribution in [1.82, 2.24) is 9.97 Å². The molecule has 0 aliphatic rings. The number of para-hydroxylation sites is 1. The Bertz CT molecular complexity index is 868. The van der Waals surface area contributed by atoms with Crippen LogP contribution < -0.4 is 9.64 Å². The highest BCUT2D eigenvalue weighted by Gasteiger charge is 2.13. The standard InChI is InChI=1S/C18H16N4O/c1-22(13-7-9-14(23-2)10-8-13)18-15-5-3-4-6-16(15)20-17(21-18)11-12-19/h3-10H,11H2,1-2H3. The number of hydrogen-bond donors (Lipinski definition) is 0. The summed E-state index contributed by atoms with van der Waals surface area (Å²) >= 11 is 0. The summed E-state index contributed by atoms with van der Waals surface area (Å²) in [7, 11) is 3.59. The number of hydrogen-bond acceptors (Lipinski definition) is 5. The predicted molar refractivity (Wildman–Crippen MR) is 89.9 cm³/mol. The number of aromatic nitrogens is 2. The van der Waals surface area contributed by atoms with Crippen LogP contribution in [0.2, 0.25) is 0 Å². The van der Waals surface area contributed by atoms with Crippen LogP contribution in [0.1, 0.15) is 5.82 Å². The minimum atomic E-state index is 0.189. The molecule has 1 heterocycles. The molecule has 0 aliphatic heterocycles. The number of methoxy groups -OCH3 is 1. The van der Waals surface area contributed by atoms with Gasteiger partial charge in [0.2, 0.25) is 0 Å². The number of nitrogens with zero attached hydrogens (tertiary/aromatic N) is 4. The second-order valence-corrected chi connectivity index (χ2v) is 5.07. The Hall–Kier alpha value is -3.13. The molecule has 0 fully saturated rings. The number of rotatable bonds is 4. The van der Waals surface area contributed by atoms with Gasteiger partial charge in [0.15, 0.2) is 0 Å². The van der Waals surface area contributed by atoms with Gasteiger partial charge in [-0.25, -0.2) is 9.97 Å². The third-order valence-electron chi connectivity index (χ3n) is 3.64. The van der Waals surface area contributed by atoms with E-state index in [1.165, 1.54) is 0 Å². The van der Waals surface area contributed by atoms with Crippen LogP contribution in [-0.2, 0) is 6.42 Å². The largest absolute Gasteiger partial charge is 0.497 e. The summed E-state index contributed by atoms with van der Waals surface area (Å²) < 4.78 is 5.20. The maximum Gasteiger partial charge on any atom is 0.145 e. The summed E-state index contributed by atoms with van der Waals surface area (Å²) in [6.45, 7) is 0. The molecule has 5 nitrogen and oxygen atoms in total. The molecular weight excluding hydrogens is 288 g/mol. The van der Waals surface area contributed by atoms with Crippen molar-refractivity contribution in [3.63, 3.8) is 0 Å². The summed E-state index contributed by atoms with van der Waals surface area (Å²) in [6, 6.07) is 17.7. The summed E-state index contributed by atoms with van der Waals surface area (Å²) in [6.07, 6.45) is 0.189. The first-order chi connectivity index (χ1) is 11.2. The van der Waals surface area contributed by atoms with E-state index in [1.54, 1.807) is 7.11 Å². The lowest BCUT2D eigenvalue weighted by Gasteiger charge is -2.20. The number of anilines is 2. The molecule has 0 saturated carbocycles. The smallest absolute Gasteiger partial charge is 0.145 e. The second kappa shape index (κ2) is 6.32. The molecule has 2 aromatic carbocycles. The number of nitriles is 1. The van der Waals surface area contributed by atoms with Crippen molar-refractivity contribution in [2.45, 2.75) is 6.42 Å². The van der Waals surface area contributed by atoms with E-state index in [-0.39, 0.29) is 6.42 Å². The number of fused-ring (bicyclic) bond motifs is 1. The van der Waals surface area contributed by atoms with Crippen LogP contribution in [0.15, 0.2) is 48.5 Å². The Morgan fingerprint density at radius 1 is 1.09 bits per heavy atom. The first kappa shape index (κ1) is 14.8. The maximum absolute atomic E-state index is 8.94. The fraction of sp³-hybridized carbons (Fsp3) is 0.167. The van der Waals surface area contributed by atoms with Gasteiger partial charge in [-0.3, -0.25) is 0 Å². The van der Waals surface area contributed by atoms with Gasteiger partial charge in [-0.05, 0) is 36.4 Å². The van der Waals surface area contributed by atoms with Crippen molar-refractivity contribution in [2.24, 2.45) is 0 Å². The molecule has 5 heteroatoms. The average Bonchev–Trinajstić information content (AvgIpc) is 2.61. The van der Waals surface area contributed by atoms with E-state index in [1.807, 2.05) is 60.5 Å². The molecule has 0 aliphatic carbocycles. The van der Waals surface area contributed by atoms with Gasteiger partial charge < -0.3 is 9.64 Å². The predicted octanol–water partition coefficient (Wildman–Crippen LogP) is 3.47. The van der Waals surface area contributed by atoms with E-state index in [4.69, 9.17) is 10.00 Å². The maximum atomic E-state index is 8.94. The van der Waals surface area contributed by atoms with Crippen LogP contribution in [-0.4, -0.2) is 24.1 Å². The molecule has 0 bridgehead atoms. The minimum Gasteiger partial charge on any atom is -0.497 e. The Morgan fingerprint density at radius 3 is 2.52 bits per heavy atom. The first-order valence-corrected chi connectivity index (χ1v) is 7.23. The Morgan fingerprint density at radius 2 is 1.83 bits per heavy atom. The highest BCUT2D eigenvalue weighted by Crippen LogP contribution is 2.29. The van der Waals surface area contributed by atoms with E-state index in [2.05, 4.69) is 16.0 Å². The monoisotopic (exact) mass is 304 g/mol. The van der Waals surface area contributed by atoms with E-state index < -0.39 is 0 Å². The van der Waals surface area contributed by atoms with Crippen LogP contribution in [0.25, 0.3) is 10.9 Å². The van der Waals surface area contributed by atoms with Crippen molar-refractivity contribution >= 4 is 22.4 Å². The van der Waals surface area contributed by atoms with Gasteiger partial charge in [0, 0.05) is 18.1 Å². The SMILES string of the molecule is COc1ccc(N(C)c2nc(CC#N)nc3ccccc23)cc1. The zero-order chi connectivity index (χ0) is 16.2. The van der Waals surface area contributed by atoms with Crippen LogP contribution in [0.5, 0.6) is 5.75 Å². The lowest BCUT2D eigenvalue weighted by Crippen LogP contribution is -2.13. The first-order valence-electron chi connectivity index (χ1n) is 7.23. The van der Waals surface area contributed by atoms with E-state index in [9.17, 15) is 0 Å². The van der Waals surface area contributed by atoms with Crippen molar-refractivity contribution < 1.29 is 4.74 Å². The molecule has 0 atom stereocenters. The molecule has 0 unspecified atom stereocenters. The number of ether oxygens (including phenoxy) is 1. The summed E-state index contributed by atoms with van der Waals surface area (Å²) in [5, 5.41) is 9.89. The van der Waals surface area contributed by atoms with Gasteiger partial charge in [0.25, 0.3) is 0 Å². The average molecular weight is 304 g/mol. The lowest BCUT2D eigenvalue weighted by atomic mass is 10.2. The summed E-state index contributed by atoms with van der Waals surface area (Å²) in [5.74, 6) is 2.12. The molecule has 0 spiro atoms. The van der Waals surface area contributed by atoms with E-state index in [0.29, 0.717) is 5.82 Å². The van der Waals surface area contributed by atoms with Crippen LogP contribution in [0.4, 0.5) is 11.5 Å². The molecule has 0 N–H and O–H groups in total. The van der Waals surface area contributed by atoms with Crippen molar-refractivity contribution in [3.8, 4) is 11.8 Å². The van der Waals surface area contributed by atoms with Crippen LogP contribution >= 0.6 is 0 Å². The second-order valence-electron chi connectivity index (χ2n) is 5.07. The third-order valence-corrected chi connectivity index (χ3v) is 3.64. The van der Waals surface area contributed by atoms with Crippen LogP contribution in [0, 0.1) is 11.3 Å². The van der Waals surface area contributed by atoms with Gasteiger partial charge in [-0.15, -0.1) is 0 Å². The zero-order valence-corrected chi connectivity index (χ0v) is 13.0. The molecule has 23 heavy (non-hydrogen) atoms. The Labute approximate surface area is 134 Å². The van der Waals surface area contributed by atoms with E-state index in [0.717, 1.165) is 28.2 Å². The topological polar surface area (TPSA) is 62.0 Å². The Balaban J connectivity index is 2.10.